The molecule has 0 aliphatic rings. The van der Waals surface area contributed by atoms with E-state index in [1.165, 1.54) is 6.20 Å². The zero-order valence-electron chi connectivity index (χ0n) is 4.50. The molecule has 1 radical (unpaired) electrons. The Kier molecular flexibility index (Phi) is 4.27. The van der Waals surface area contributed by atoms with Crippen LogP contribution in [-0.4, -0.2) is 9.97 Å². The minimum absolute atomic E-state index is 0. The Morgan fingerprint density at radius 1 is 1.67 bits per heavy atom. The molecule has 3 nitrogen and oxygen atoms in total. The first kappa shape index (κ1) is 9.27. The van der Waals surface area contributed by atoms with E-state index >= 15 is 0 Å². The topological polar surface area (TPSA) is 51.8 Å². The maximum atomic E-state index is 5.35. The van der Waals surface area contributed by atoms with Gasteiger partial charge in [-0.05, 0) is 11.3 Å². The van der Waals surface area contributed by atoms with Crippen LogP contribution in [0.5, 0.6) is 0 Å². The van der Waals surface area contributed by atoms with Gasteiger partial charge in [0.1, 0.15) is 0 Å². The molecule has 0 unspecified atom stereocenters. The Balaban J connectivity index is 0.000000640. The average molecular weight is 217 g/mol. The molecule has 45 valence electrons. The van der Waals surface area contributed by atoms with E-state index in [2.05, 4.69) is 16.2 Å². The Morgan fingerprint density at radius 2 is 2.33 bits per heavy atom. The maximum Gasteiger partial charge on any atom is 0.0469 e. The third kappa shape index (κ3) is 3.09. The van der Waals surface area contributed by atoms with Gasteiger partial charge in [0.2, 0.25) is 0 Å². The van der Waals surface area contributed by atoms with E-state index in [-0.39, 0.29) is 38.5 Å². The number of halogens is 1. The molecular formula is C4H3ClN3Y-. The van der Waals surface area contributed by atoms with Gasteiger partial charge in [-0.1, -0.05) is 0 Å². The first-order valence-electron chi connectivity index (χ1n) is 1.95. The molecule has 0 saturated carbocycles. The summed E-state index contributed by atoms with van der Waals surface area (Å²) in [4.78, 5) is 7.14. The van der Waals surface area contributed by atoms with E-state index in [9.17, 15) is 0 Å². The van der Waals surface area contributed by atoms with Gasteiger partial charge in [0.15, 0.2) is 0 Å². The fraction of sp³-hybridized carbons (Fsp3) is 0. The summed E-state index contributed by atoms with van der Waals surface area (Å²) in [6.45, 7) is 0. The molecule has 1 heterocycles. The molecule has 2 N–H and O–H groups in total. The van der Waals surface area contributed by atoms with Gasteiger partial charge in [-0.25, -0.2) is 0 Å². The Bertz CT molecular complexity index is 155. The number of nitrogen functional groups attached to an aromatic ring is 1. The molecule has 0 aromatic carbocycles. The van der Waals surface area contributed by atoms with Crippen LogP contribution in [0.4, 0.5) is 5.82 Å². The fourth-order valence-electron chi connectivity index (χ4n) is 0.291. The monoisotopic (exact) mass is 217 g/mol. The molecule has 0 bridgehead atoms. The molecule has 0 atom stereocenters. The van der Waals surface area contributed by atoms with E-state index in [1.807, 2.05) is 0 Å². The molecule has 9 heavy (non-hydrogen) atoms. The van der Waals surface area contributed by atoms with Crippen molar-refractivity contribution in [1.29, 1.82) is 0 Å². The number of nitrogens with two attached hydrogens (primary N) is 1. The molecule has 5 heteroatoms. The third-order valence-electron chi connectivity index (χ3n) is 0.587. The minimum atomic E-state index is 0. The van der Waals surface area contributed by atoms with Crippen LogP contribution in [0.2, 0.25) is 5.15 Å². The van der Waals surface area contributed by atoms with Crippen molar-refractivity contribution in [3.05, 3.63) is 17.5 Å². The minimum Gasteiger partial charge on any atom is -0.437 e. The van der Waals surface area contributed by atoms with Crippen LogP contribution in [0.25, 0.3) is 0 Å². The number of nitrogens with zero attached hydrogens (tertiary/aromatic N) is 2. The Hall–Kier alpha value is 0.274. The van der Waals surface area contributed by atoms with E-state index in [0.717, 1.165) is 0 Å². The summed E-state index contributed by atoms with van der Waals surface area (Å²) < 4.78 is 0. The van der Waals surface area contributed by atoms with E-state index in [1.54, 1.807) is 0 Å². The van der Waals surface area contributed by atoms with Crippen LogP contribution in [0, 0.1) is 6.20 Å². The van der Waals surface area contributed by atoms with E-state index in [4.69, 9.17) is 17.3 Å². The van der Waals surface area contributed by atoms with Crippen LogP contribution in [0.1, 0.15) is 0 Å². The molecule has 0 saturated heterocycles. The number of rotatable bonds is 0. The van der Waals surface area contributed by atoms with Crippen LogP contribution >= 0.6 is 11.6 Å². The summed E-state index contributed by atoms with van der Waals surface area (Å²) in [5.41, 5.74) is 5.14. The van der Waals surface area contributed by atoms with Crippen LogP contribution < -0.4 is 5.73 Å². The zero-order valence-corrected chi connectivity index (χ0v) is 8.10. The molecule has 1 aromatic heterocycles. The second kappa shape index (κ2) is 4.15. The molecule has 0 spiro atoms. The van der Waals surface area contributed by atoms with Crippen molar-refractivity contribution in [3.63, 3.8) is 0 Å². The van der Waals surface area contributed by atoms with Gasteiger partial charge in [-0.2, -0.15) is 11.6 Å². The van der Waals surface area contributed by atoms with Gasteiger partial charge < -0.3 is 10.7 Å². The van der Waals surface area contributed by atoms with Crippen molar-refractivity contribution in [2.75, 3.05) is 5.73 Å². The molecule has 0 fully saturated rings. The summed E-state index contributed by atoms with van der Waals surface area (Å²) in [6.07, 6.45) is 3.75. The van der Waals surface area contributed by atoms with Crippen molar-refractivity contribution < 1.29 is 32.7 Å². The first-order chi connectivity index (χ1) is 3.79. The van der Waals surface area contributed by atoms with Crippen LogP contribution in [0.3, 0.4) is 0 Å². The summed E-state index contributed by atoms with van der Waals surface area (Å²) in [7, 11) is 0. The zero-order chi connectivity index (χ0) is 5.98. The Labute approximate surface area is 82.9 Å². The predicted molar refractivity (Wildman–Crippen MR) is 30.3 cm³/mol. The van der Waals surface area contributed by atoms with Gasteiger partial charge in [-0.3, -0.25) is 4.98 Å². The fourth-order valence-corrected chi connectivity index (χ4v) is 0.382. The molecular weight excluding hydrogens is 214 g/mol. The van der Waals surface area contributed by atoms with Gasteiger partial charge in [0, 0.05) is 38.5 Å². The first-order valence-corrected chi connectivity index (χ1v) is 2.32. The summed E-state index contributed by atoms with van der Waals surface area (Å²) in [6, 6.07) is 0. The van der Waals surface area contributed by atoms with Crippen molar-refractivity contribution in [1.82, 2.24) is 9.97 Å². The maximum absolute atomic E-state index is 5.35. The largest absolute Gasteiger partial charge is 0.437 e. The van der Waals surface area contributed by atoms with Crippen molar-refractivity contribution >= 4 is 17.4 Å². The predicted octanol–water partition coefficient (Wildman–Crippen LogP) is 0.510. The number of hydrogen-bond acceptors (Lipinski definition) is 3. The smallest absolute Gasteiger partial charge is 0.0469 e. The molecule has 0 amide bonds. The summed E-state index contributed by atoms with van der Waals surface area (Å²) in [5, 5.41) is 0.305. The average Bonchev–Trinajstić information content (AvgIpc) is 1.77. The van der Waals surface area contributed by atoms with Crippen LogP contribution in [-0.2, 0) is 32.7 Å². The molecule has 1 aromatic rings. The van der Waals surface area contributed by atoms with E-state index in [0.29, 0.717) is 5.15 Å². The summed E-state index contributed by atoms with van der Waals surface area (Å²) >= 11 is 5.35. The molecule has 0 aliphatic carbocycles. The third-order valence-corrected chi connectivity index (χ3v) is 0.770. The van der Waals surface area contributed by atoms with Gasteiger partial charge in [0.25, 0.3) is 0 Å². The second-order valence-electron chi connectivity index (χ2n) is 1.19. The number of anilines is 1. The summed E-state index contributed by atoms with van der Waals surface area (Å²) in [5.74, 6) is 0.259. The standard InChI is InChI=1S/C4H3ClN3.Y/c5-3-1-8-4(6)2-7-3;/h1H,(H2,6,8);/q-1;. The quantitative estimate of drug-likeness (QED) is 0.644. The van der Waals surface area contributed by atoms with Crippen molar-refractivity contribution in [2.24, 2.45) is 0 Å². The second-order valence-corrected chi connectivity index (χ2v) is 1.58. The van der Waals surface area contributed by atoms with Gasteiger partial charge >= 0.3 is 0 Å². The van der Waals surface area contributed by atoms with Gasteiger partial charge in [-0.15, -0.1) is 6.20 Å². The van der Waals surface area contributed by atoms with Crippen molar-refractivity contribution in [3.8, 4) is 0 Å². The number of aromatic nitrogens is 2. The normalized spacial score (nSPS) is 8.11. The Morgan fingerprint density at radius 3 is 2.67 bits per heavy atom. The number of hydrogen-bond donors (Lipinski definition) is 1. The van der Waals surface area contributed by atoms with E-state index < -0.39 is 0 Å². The van der Waals surface area contributed by atoms with Crippen molar-refractivity contribution in [2.45, 2.75) is 0 Å². The molecule has 0 aliphatic heterocycles. The van der Waals surface area contributed by atoms with Gasteiger partial charge in [0.05, 0.1) is 0 Å². The SMILES string of the molecule is Nc1[c-]nc(Cl)cn1.[Y]. The van der Waals surface area contributed by atoms with Crippen LogP contribution in [0.15, 0.2) is 6.20 Å². The molecule has 1 rings (SSSR count).